The summed E-state index contributed by atoms with van der Waals surface area (Å²) in [6.45, 7) is 8.76. The van der Waals surface area contributed by atoms with Crippen LogP contribution in [0.3, 0.4) is 0 Å². The molecule has 1 aliphatic heterocycles. The van der Waals surface area contributed by atoms with Gasteiger partial charge in [0.25, 0.3) is 0 Å². The predicted octanol–water partition coefficient (Wildman–Crippen LogP) is 4.64. The summed E-state index contributed by atoms with van der Waals surface area (Å²) in [7, 11) is 0. The zero-order chi connectivity index (χ0) is 29.5. The van der Waals surface area contributed by atoms with Crippen LogP contribution in [0.2, 0.25) is 0 Å². The van der Waals surface area contributed by atoms with Gasteiger partial charge in [0.15, 0.2) is 0 Å². The van der Waals surface area contributed by atoms with Crippen molar-refractivity contribution in [1.29, 1.82) is 5.26 Å². The van der Waals surface area contributed by atoms with Crippen LogP contribution in [-0.4, -0.2) is 67.6 Å². The lowest BCUT2D eigenvalue weighted by Gasteiger charge is -2.30. The number of carbonyl (C=O) groups excluding carboxylic acids is 1. The number of aryl methyl sites for hydroxylation is 1. The molecule has 41 heavy (non-hydrogen) atoms. The number of nitrogens with two attached hydrogens (primary N) is 1. The van der Waals surface area contributed by atoms with Crippen LogP contribution in [0.15, 0.2) is 30.5 Å². The number of aromatic nitrogens is 2. The summed E-state index contributed by atoms with van der Waals surface area (Å²) >= 11 is 0. The maximum absolute atomic E-state index is 11.0. The van der Waals surface area contributed by atoms with Crippen LogP contribution in [0.5, 0.6) is 0 Å². The van der Waals surface area contributed by atoms with Gasteiger partial charge in [-0.3, -0.25) is 0 Å². The highest BCUT2D eigenvalue weighted by Gasteiger charge is 2.32. The van der Waals surface area contributed by atoms with Gasteiger partial charge in [0.05, 0.1) is 30.4 Å². The molecule has 0 spiro atoms. The van der Waals surface area contributed by atoms with Crippen molar-refractivity contribution in [3.8, 4) is 17.3 Å². The van der Waals surface area contributed by atoms with Crippen LogP contribution in [0.4, 0.5) is 11.6 Å². The van der Waals surface area contributed by atoms with E-state index in [9.17, 15) is 10.1 Å². The number of anilines is 2. The van der Waals surface area contributed by atoms with Crippen LogP contribution in [0.1, 0.15) is 64.4 Å². The van der Waals surface area contributed by atoms with E-state index in [1.165, 1.54) is 32.1 Å². The molecule has 1 unspecified atom stereocenters. The van der Waals surface area contributed by atoms with Crippen molar-refractivity contribution in [2.24, 2.45) is 5.41 Å². The average Bonchev–Trinajstić information content (AvgIpc) is 2.99. The number of esters is 1. The monoisotopic (exact) mass is 566 g/mol. The number of ether oxygens (including phenoxy) is 3. The van der Waals surface area contributed by atoms with Crippen molar-refractivity contribution in [3.05, 3.63) is 36.0 Å². The minimum atomic E-state index is -0.382. The smallest absolute Gasteiger partial charge is 0.332 e. The van der Waals surface area contributed by atoms with E-state index in [4.69, 9.17) is 19.9 Å². The van der Waals surface area contributed by atoms with Crippen LogP contribution in [0.25, 0.3) is 11.3 Å². The molecule has 10 nitrogen and oxygen atoms in total. The fourth-order valence-electron chi connectivity index (χ4n) is 5.09. The number of hydrogen-bond donors (Lipinski definition) is 3. The molecule has 0 radical (unpaired) electrons. The summed E-state index contributed by atoms with van der Waals surface area (Å²) in [6, 6.07) is 11.0. The quantitative estimate of drug-likeness (QED) is 0.329. The first-order chi connectivity index (χ1) is 19.8. The SMILES string of the molecule is CCOC(=O)COCC(C)NC1CCCCC1.Cc1cnc(N)cc1-c1cccc(NCC2(C#N)CCOCC2)n1. The Hall–Kier alpha value is -3.26. The molecule has 3 heterocycles. The maximum atomic E-state index is 11.0. The first-order valence-electron chi connectivity index (χ1n) is 14.8. The molecule has 0 bridgehead atoms. The van der Waals surface area contributed by atoms with Gasteiger partial charge in [0, 0.05) is 43.6 Å². The number of pyridine rings is 2. The molecule has 2 aliphatic rings. The summed E-state index contributed by atoms with van der Waals surface area (Å²) in [5.74, 6) is 0.946. The van der Waals surface area contributed by atoms with Gasteiger partial charge in [-0.05, 0) is 70.2 Å². The van der Waals surface area contributed by atoms with Gasteiger partial charge < -0.3 is 30.6 Å². The Kier molecular flexibility index (Phi) is 13.3. The molecule has 2 aromatic rings. The average molecular weight is 567 g/mol. The largest absolute Gasteiger partial charge is 0.464 e. The first kappa shape index (κ1) is 32.3. The second-order valence-electron chi connectivity index (χ2n) is 10.9. The van der Waals surface area contributed by atoms with E-state index >= 15 is 0 Å². The maximum Gasteiger partial charge on any atom is 0.332 e. The molecule has 4 N–H and O–H groups in total. The Bertz CT molecular complexity index is 1130. The standard InChI is InChI=1S/C18H21N5O.C13H25NO3/c1-13-10-21-16(20)9-14(13)15-3-2-4-17(23-15)22-12-18(11-19)5-7-24-8-6-18;1-3-17-13(15)10-16-9-11(2)14-12-7-5-4-6-8-12/h2-4,9-10H,5-8,12H2,1H3,(H2,20,21)(H,22,23);11-12,14H,3-10H2,1-2H3. The van der Waals surface area contributed by atoms with Gasteiger partial charge in [-0.15, -0.1) is 0 Å². The van der Waals surface area contributed by atoms with Crippen molar-refractivity contribution >= 4 is 17.6 Å². The highest BCUT2D eigenvalue weighted by atomic mass is 16.6. The van der Waals surface area contributed by atoms with Gasteiger partial charge in [-0.25, -0.2) is 14.8 Å². The molecule has 1 aliphatic carbocycles. The van der Waals surface area contributed by atoms with E-state index in [0.717, 1.165) is 35.5 Å². The van der Waals surface area contributed by atoms with Gasteiger partial charge in [-0.2, -0.15) is 5.26 Å². The molecule has 4 rings (SSSR count). The Morgan fingerprint density at radius 3 is 2.73 bits per heavy atom. The Morgan fingerprint density at radius 1 is 1.27 bits per heavy atom. The summed E-state index contributed by atoms with van der Waals surface area (Å²) in [4.78, 5) is 19.8. The van der Waals surface area contributed by atoms with Gasteiger partial charge in [0.2, 0.25) is 0 Å². The molecule has 224 valence electrons. The number of nitrogens with zero attached hydrogens (tertiary/aromatic N) is 3. The molecular weight excluding hydrogens is 520 g/mol. The topological polar surface area (TPSA) is 144 Å². The molecule has 1 saturated heterocycles. The molecule has 2 aromatic heterocycles. The van der Waals surface area contributed by atoms with Crippen LogP contribution in [0, 0.1) is 23.7 Å². The van der Waals surface area contributed by atoms with E-state index < -0.39 is 0 Å². The minimum absolute atomic E-state index is 0.0600. The lowest BCUT2D eigenvalue weighted by molar-refractivity contribution is -0.148. The Balaban J connectivity index is 0.000000241. The second-order valence-corrected chi connectivity index (χ2v) is 10.9. The molecule has 2 fully saturated rings. The van der Waals surface area contributed by atoms with Crippen LogP contribution < -0.4 is 16.4 Å². The second kappa shape index (κ2) is 16.9. The lowest BCUT2D eigenvalue weighted by Crippen LogP contribution is -2.40. The third-order valence-corrected chi connectivity index (χ3v) is 7.46. The molecule has 0 amide bonds. The van der Waals surface area contributed by atoms with E-state index in [2.05, 4.69) is 33.6 Å². The first-order valence-corrected chi connectivity index (χ1v) is 14.8. The number of rotatable bonds is 11. The third-order valence-electron chi connectivity index (χ3n) is 7.46. The minimum Gasteiger partial charge on any atom is -0.464 e. The highest BCUT2D eigenvalue weighted by molar-refractivity contribution is 5.70. The highest BCUT2D eigenvalue weighted by Crippen LogP contribution is 2.30. The number of carbonyl (C=O) groups is 1. The van der Waals surface area contributed by atoms with Crippen molar-refractivity contribution in [2.75, 3.05) is 50.6 Å². The molecule has 0 aromatic carbocycles. The molecule has 1 saturated carbocycles. The fraction of sp³-hybridized carbons (Fsp3) is 0.613. The number of nitrogens with one attached hydrogen (secondary N) is 2. The molecule has 10 heteroatoms. The Morgan fingerprint density at radius 2 is 2.02 bits per heavy atom. The van der Waals surface area contributed by atoms with Crippen molar-refractivity contribution in [1.82, 2.24) is 15.3 Å². The zero-order valence-electron chi connectivity index (χ0n) is 24.8. The van der Waals surface area contributed by atoms with Crippen molar-refractivity contribution in [3.63, 3.8) is 0 Å². The fourth-order valence-corrected chi connectivity index (χ4v) is 5.09. The Labute approximate surface area is 244 Å². The zero-order valence-corrected chi connectivity index (χ0v) is 24.8. The van der Waals surface area contributed by atoms with Gasteiger partial charge in [-0.1, -0.05) is 25.3 Å². The predicted molar refractivity (Wildman–Crippen MR) is 160 cm³/mol. The lowest BCUT2D eigenvalue weighted by atomic mass is 9.82. The molecular formula is C31H46N6O4. The molecule has 1 atom stereocenters. The number of nitrogen functional groups attached to an aromatic ring is 1. The van der Waals surface area contributed by atoms with Crippen molar-refractivity contribution in [2.45, 2.75) is 77.8 Å². The van der Waals surface area contributed by atoms with Crippen LogP contribution in [-0.2, 0) is 19.0 Å². The van der Waals surface area contributed by atoms with Crippen molar-refractivity contribution < 1.29 is 19.0 Å². The summed E-state index contributed by atoms with van der Waals surface area (Å²) in [5, 5.41) is 16.4. The normalized spacial score (nSPS) is 17.4. The third kappa shape index (κ3) is 10.9. The van der Waals surface area contributed by atoms with Gasteiger partial charge >= 0.3 is 5.97 Å². The van der Waals surface area contributed by atoms with E-state index in [-0.39, 0.29) is 18.0 Å². The number of hydrogen-bond acceptors (Lipinski definition) is 10. The van der Waals surface area contributed by atoms with E-state index in [1.54, 1.807) is 13.1 Å². The summed E-state index contributed by atoms with van der Waals surface area (Å²) in [6.07, 6.45) is 9.80. The van der Waals surface area contributed by atoms with Gasteiger partial charge in [0.1, 0.15) is 18.2 Å². The summed E-state index contributed by atoms with van der Waals surface area (Å²) < 4.78 is 15.5. The van der Waals surface area contributed by atoms with E-state index in [0.29, 0.717) is 50.9 Å². The summed E-state index contributed by atoms with van der Waals surface area (Å²) in [5.41, 5.74) is 8.23. The van der Waals surface area contributed by atoms with E-state index in [1.807, 2.05) is 31.2 Å². The number of nitriles is 1. The van der Waals surface area contributed by atoms with Crippen LogP contribution >= 0.6 is 0 Å².